The molecule has 2 atom stereocenters. The van der Waals surface area contributed by atoms with Gasteiger partial charge in [0.05, 0.1) is 24.1 Å². The molecule has 0 saturated carbocycles. The largest absolute Gasteiger partial charge is 0.397 e. The average molecular weight is 292 g/mol. The van der Waals surface area contributed by atoms with Gasteiger partial charge in [0.15, 0.2) is 0 Å². The third-order valence-corrected chi connectivity index (χ3v) is 4.26. The Labute approximate surface area is 127 Å². The molecular formula is C16H28N4O. The van der Waals surface area contributed by atoms with E-state index in [0.29, 0.717) is 17.4 Å². The van der Waals surface area contributed by atoms with Crippen LogP contribution in [0.5, 0.6) is 0 Å². The second-order valence-corrected chi connectivity index (χ2v) is 5.76. The van der Waals surface area contributed by atoms with Crippen LogP contribution in [0.1, 0.15) is 20.8 Å². The van der Waals surface area contributed by atoms with Crippen LogP contribution in [0.15, 0.2) is 18.2 Å². The fourth-order valence-electron chi connectivity index (χ4n) is 2.80. The Morgan fingerprint density at radius 3 is 2.57 bits per heavy atom. The Balaban J connectivity index is 2.08. The van der Waals surface area contributed by atoms with Gasteiger partial charge in [0, 0.05) is 24.8 Å². The van der Waals surface area contributed by atoms with Gasteiger partial charge in [-0.15, -0.1) is 0 Å². The predicted octanol–water partition coefficient (Wildman–Crippen LogP) is 1.79. The van der Waals surface area contributed by atoms with E-state index < -0.39 is 0 Å². The topological polar surface area (TPSA) is 67.8 Å². The highest BCUT2D eigenvalue weighted by Crippen LogP contribution is 2.27. The summed E-state index contributed by atoms with van der Waals surface area (Å²) in [6.45, 7) is 11.3. The van der Waals surface area contributed by atoms with Gasteiger partial charge in [0.25, 0.3) is 0 Å². The van der Waals surface area contributed by atoms with E-state index in [-0.39, 0.29) is 6.10 Å². The number of nitrogens with two attached hydrogens (primary N) is 2. The van der Waals surface area contributed by atoms with Crippen molar-refractivity contribution in [2.75, 3.05) is 49.2 Å². The van der Waals surface area contributed by atoms with Gasteiger partial charge in [0.2, 0.25) is 0 Å². The summed E-state index contributed by atoms with van der Waals surface area (Å²) in [5.74, 6) is 0. The first kappa shape index (κ1) is 15.9. The molecule has 0 bridgehead atoms. The monoisotopic (exact) mass is 292 g/mol. The van der Waals surface area contributed by atoms with Gasteiger partial charge in [0.1, 0.15) is 0 Å². The molecule has 118 valence electrons. The summed E-state index contributed by atoms with van der Waals surface area (Å²) in [5.41, 5.74) is 14.2. The van der Waals surface area contributed by atoms with Gasteiger partial charge in [-0.1, -0.05) is 13.8 Å². The summed E-state index contributed by atoms with van der Waals surface area (Å²) in [6.07, 6.45) is 0.236. The Bertz CT molecular complexity index is 462. The van der Waals surface area contributed by atoms with Crippen molar-refractivity contribution in [1.82, 2.24) is 4.90 Å². The maximum atomic E-state index is 5.99. The zero-order valence-electron chi connectivity index (χ0n) is 13.4. The van der Waals surface area contributed by atoms with Crippen LogP contribution < -0.4 is 16.4 Å². The molecule has 21 heavy (non-hydrogen) atoms. The molecule has 5 nitrogen and oxygen atoms in total. The first-order valence-electron chi connectivity index (χ1n) is 7.80. The SMILES string of the molecule is CCN(CC)C[C@@H]1CN(c2ccc(N)c(N)c2)[C@@H](C)CO1. The van der Waals surface area contributed by atoms with Crippen LogP contribution in [0.25, 0.3) is 0 Å². The summed E-state index contributed by atoms with van der Waals surface area (Å²) in [6, 6.07) is 6.24. The van der Waals surface area contributed by atoms with Crippen LogP contribution in [0.3, 0.4) is 0 Å². The summed E-state index contributed by atoms with van der Waals surface area (Å²) in [5, 5.41) is 0. The first-order chi connectivity index (χ1) is 10.0. The van der Waals surface area contributed by atoms with E-state index in [4.69, 9.17) is 16.2 Å². The summed E-state index contributed by atoms with van der Waals surface area (Å²) >= 11 is 0. The summed E-state index contributed by atoms with van der Waals surface area (Å²) < 4.78 is 5.99. The average Bonchev–Trinajstić information content (AvgIpc) is 2.49. The summed E-state index contributed by atoms with van der Waals surface area (Å²) in [7, 11) is 0. The molecule has 0 spiro atoms. The molecule has 1 aromatic rings. The van der Waals surface area contributed by atoms with Crippen molar-refractivity contribution >= 4 is 17.1 Å². The molecule has 0 aromatic heterocycles. The Kier molecular flexibility index (Phi) is 5.31. The van der Waals surface area contributed by atoms with Gasteiger partial charge in [-0.2, -0.15) is 0 Å². The molecule has 1 saturated heterocycles. The molecule has 1 fully saturated rings. The zero-order chi connectivity index (χ0) is 15.4. The molecule has 4 N–H and O–H groups in total. The minimum Gasteiger partial charge on any atom is -0.397 e. The van der Waals surface area contributed by atoms with Gasteiger partial charge in [-0.05, 0) is 38.2 Å². The van der Waals surface area contributed by atoms with Crippen molar-refractivity contribution in [2.24, 2.45) is 0 Å². The summed E-state index contributed by atoms with van der Waals surface area (Å²) in [4.78, 5) is 4.77. The molecule has 2 rings (SSSR count). The lowest BCUT2D eigenvalue weighted by Crippen LogP contribution is -2.52. The quantitative estimate of drug-likeness (QED) is 0.810. The van der Waals surface area contributed by atoms with Gasteiger partial charge in [-0.25, -0.2) is 0 Å². The highest BCUT2D eigenvalue weighted by Gasteiger charge is 2.27. The normalized spacial score (nSPS) is 22.8. The van der Waals surface area contributed by atoms with E-state index in [9.17, 15) is 0 Å². The number of benzene rings is 1. The standard InChI is InChI=1S/C16H28N4O/c1-4-19(5-2)9-14-10-20(12(3)11-21-14)13-6-7-15(17)16(18)8-13/h6-8,12,14H,4-5,9-11,17-18H2,1-3H3/t12-,14+/m0/s1. The Morgan fingerprint density at radius 1 is 1.24 bits per heavy atom. The number of hydrogen-bond donors (Lipinski definition) is 2. The smallest absolute Gasteiger partial charge is 0.0877 e. The minimum atomic E-state index is 0.236. The minimum absolute atomic E-state index is 0.236. The highest BCUT2D eigenvalue weighted by atomic mass is 16.5. The van der Waals surface area contributed by atoms with E-state index in [1.807, 2.05) is 18.2 Å². The lowest BCUT2D eigenvalue weighted by molar-refractivity contribution is 0.00264. The molecule has 0 aliphatic carbocycles. The third-order valence-electron chi connectivity index (χ3n) is 4.26. The van der Waals surface area contributed by atoms with Crippen molar-refractivity contribution in [2.45, 2.75) is 32.9 Å². The number of rotatable bonds is 5. The molecule has 1 heterocycles. The number of anilines is 3. The third kappa shape index (κ3) is 3.80. The van der Waals surface area contributed by atoms with E-state index in [0.717, 1.165) is 38.5 Å². The number of ether oxygens (including phenoxy) is 1. The van der Waals surface area contributed by atoms with Crippen LogP contribution in [0.4, 0.5) is 17.1 Å². The van der Waals surface area contributed by atoms with Crippen molar-refractivity contribution in [3.63, 3.8) is 0 Å². The maximum Gasteiger partial charge on any atom is 0.0877 e. The number of nitrogens with zero attached hydrogens (tertiary/aromatic N) is 2. The fraction of sp³-hybridized carbons (Fsp3) is 0.625. The van der Waals surface area contributed by atoms with Crippen molar-refractivity contribution in [1.29, 1.82) is 0 Å². The van der Waals surface area contributed by atoms with Crippen LogP contribution in [0, 0.1) is 0 Å². The lowest BCUT2D eigenvalue weighted by atomic mass is 10.1. The molecule has 1 aliphatic heterocycles. The fourth-order valence-corrected chi connectivity index (χ4v) is 2.80. The van der Waals surface area contributed by atoms with Crippen molar-refractivity contribution in [3.05, 3.63) is 18.2 Å². The van der Waals surface area contributed by atoms with Crippen LogP contribution in [-0.2, 0) is 4.74 Å². The molecule has 5 heteroatoms. The number of hydrogen-bond acceptors (Lipinski definition) is 5. The molecular weight excluding hydrogens is 264 g/mol. The van der Waals surface area contributed by atoms with Gasteiger partial charge in [-0.3, -0.25) is 0 Å². The van der Waals surface area contributed by atoms with E-state index in [2.05, 4.69) is 30.6 Å². The number of nitrogen functional groups attached to an aromatic ring is 2. The van der Waals surface area contributed by atoms with E-state index in [1.54, 1.807) is 0 Å². The Morgan fingerprint density at radius 2 is 1.95 bits per heavy atom. The van der Waals surface area contributed by atoms with Gasteiger partial charge < -0.3 is 26.0 Å². The van der Waals surface area contributed by atoms with Crippen molar-refractivity contribution < 1.29 is 4.74 Å². The highest BCUT2D eigenvalue weighted by molar-refractivity contribution is 5.70. The number of morpholine rings is 1. The van der Waals surface area contributed by atoms with E-state index >= 15 is 0 Å². The maximum absolute atomic E-state index is 5.99. The second kappa shape index (κ2) is 7.00. The Hall–Kier alpha value is -1.46. The molecule has 1 aromatic carbocycles. The first-order valence-corrected chi connectivity index (χ1v) is 7.80. The van der Waals surface area contributed by atoms with Gasteiger partial charge >= 0.3 is 0 Å². The molecule has 0 radical (unpaired) electrons. The lowest BCUT2D eigenvalue weighted by Gasteiger charge is -2.41. The molecule has 0 unspecified atom stereocenters. The zero-order valence-corrected chi connectivity index (χ0v) is 13.4. The second-order valence-electron chi connectivity index (χ2n) is 5.76. The van der Waals surface area contributed by atoms with E-state index in [1.165, 1.54) is 0 Å². The number of likely N-dealkylation sites (N-methyl/N-ethyl adjacent to an activating group) is 1. The van der Waals surface area contributed by atoms with Crippen molar-refractivity contribution in [3.8, 4) is 0 Å². The molecule has 1 aliphatic rings. The molecule has 0 amide bonds. The van der Waals surface area contributed by atoms with Crippen LogP contribution >= 0.6 is 0 Å². The predicted molar refractivity (Wildman–Crippen MR) is 89.6 cm³/mol. The van der Waals surface area contributed by atoms with Crippen LogP contribution in [0.2, 0.25) is 0 Å². The van der Waals surface area contributed by atoms with Crippen LogP contribution in [-0.4, -0.2) is 49.8 Å².